The van der Waals surface area contributed by atoms with Crippen LogP contribution in [-0.4, -0.2) is 11.8 Å². The molecule has 2 heteroatoms. The molecule has 1 aromatic carbocycles. The van der Waals surface area contributed by atoms with Crippen molar-refractivity contribution in [1.29, 1.82) is 0 Å². The Morgan fingerprint density at radius 2 is 1.87 bits per heavy atom. The smallest absolute Gasteiger partial charge is 0.0305 e. The first-order valence-corrected chi connectivity index (χ1v) is 6.61. The third-order valence-electron chi connectivity index (χ3n) is 2.27. The van der Waals surface area contributed by atoms with E-state index in [0.717, 1.165) is 5.75 Å². The van der Waals surface area contributed by atoms with E-state index in [1.807, 2.05) is 11.8 Å². The van der Waals surface area contributed by atoms with Crippen molar-refractivity contribution in [1.82, 2.24) is 5.32 Å². The Kier molecular flexibility index (Phi) is 5.20. The molecule has 0 amide bonds. The first-order valence-electron chi connectivity index (χ1n) is 5.63. The predicted molar refractivity (Wildman–Crippen MR) is 69.5 cm³/mol. The summed E-state index contributed by atoms with van der Waals surface area (Å²) in [5, 5.41) is 3.54. The molecule has 0 aliphatic heterocycles. The first-order chi connectivity index (χ1) is 7.15. The molecule has 1 unspecified atom stereocenters. The molecule has 1 aromatic rings. The molecule has 1 N–H and O–H groups in total. The molecular weight excluding hydrogens is 202 g/mol. The minimum Gasteiger partial charge on any atom is -0.308 e. The van der Waals surface area contributed by atoms with Crippen LogP contribution in [0.3, 0.4) is 0 Å². The normalized spacial score (nSPS) is 13.1. The molecule has 0 aliphatic carbocycles. The van der Waals surface area contributed by atoms with Gasteiger partial charge in [-0.3, -0.25) is 0 Å². The molecule has 1 nitrogen and oxygen atoms in total. The van der Waals surface area contributed by atoms with Crippen molar-refractivity contribution in [2.45, 2.75) is 44.7 Å². The lowest BCUT2D eigenvalue weighted by Crippen LogP contribution is -2.26. The van der Waals surface area contributed by atoms with E-state index in [0.29, 0.717) is 12.1 Å². The molecule has 0 bridgehead atoms. The summed E-state index contributed by atoms with van der Waals surface area (Å²) in [4.78, 5) is 1.40. The molecule has 1 rings (SSSR count). The third-order valence-corrected chi connectivity index (χ3v) is 3.24. The van der Waals surface area contributed by atoms with Gasteiger partial charge in [-0.05, 0) is 24.3 Å². The zero-order valence-corrected chi connectivity index (χ0v) is 10.9. The maximum Gasteiger partial charge on any atom is 0.0305 e. The second-order valence-corrected chi connectivity index (χ2v) is 5.32. The van der Waals surface area contributed by atoms with Crippen LogP contribution in [0.15, 0.2) is 29.2 Å². The lowest BCUT2D eigenvalue weighted by Gasteiger charge is -2.19. The molecule has 0 aromatic heterocycles. The number of hydrogen-bond donors (Lipinski definition) is 1. The van der Waals surface area contributed by atoms with Crippen LogP contribution in [0.4, 0.5) is 0 Å². The Bertz CT molecular complexity index is 296. The molecule has 0 spiro atoms. The van der Waals surface area contributed by atoms with E-state index in [9.17, 15) is 0 Å². The molecule has 1 atom stereocenters. The summed E-state index contributed by atoms with van der Waals surface area (Å²) in [5.74, 6) is 1.13. The summed E-state index contributed by atoms with van der Waals surface area (Å²) in [7, 11) is 0. The lowest BCUT2D eigenvalue weighted by atomic mass is 10.1. The van der Waals surface area contributed by atoms with Crippen LogP contribution < -0.4 is 5.32 Å². The van der Waals surface area contributed by atoms with Gasteiger partial charge in [0.2, 0.25) is 0 Å². The molecule has 84 valence electrons. The highest BCUT2D eigenvalue weighted by atomic mass is 32.2. The summed E-state index contributed by atoms with van der Waals surface area (Å²) >= 11 is 1.92. The van der Waals surface area contributed by atoms with Gasteiger partial charge in [0.05, 0.1) is 0 Å². The van der Waals surface area contributed by atoms with E-state index in [4.69, 9.17) is 0 Å². The van der Waals surface area contributed by atoms with Gasteiger partial charge in [0.25, 0.3) is 0 Å². The zero-order chi connectivity index (χ0) is 11.3. The fourth-order valence-corrected chi connectivity index (χ4v) is 2.61. The Hall–Kier alpha value is -0.470. The van der Waals surface area contributed by atoms with Gasteiger partial charge in [-0.25, -0.2) is 0 Å². The molecule has 0 radical (unpaired) electrons. The Labute approximate surface area is 97.7 Å². The second-order valence-electron chi connectivity index (χ2n) is 4.01. The Balaban J connectivity index is 2.81. The van der Waals surface area contributed by atoms with Crippen LogP contribution in [0.1, 0.15) is 39.3 Å². The van der Waals surface area contributed by atoms with Gasteiger partial charge in [0.1, 0.15) is 0 Å². The van der Waals surface area contributed by atoms with Gasteiger partial charge in [0.15, 0.2) is 0 Å². The second kappa shape index (κ2) is 6.19. The van der Waals surface area contributed by atoms with Gasteiger partial charge in [-0.15, -0.1) is 11.8 Å². The summed E-state index contributed by atoms with van der Waals surface area (Å²) in [6.45, 7) is 8.80. The van der Waals surface area contributed by atoms with Gasteiger partial charge >= 0.3 is 0 Å². The Morgan fingerprint density at radius 3 is 2.47 bits per heavy atom. The van der Waals surface area contributed by atoms with Crippen LogP contribution in [-0.2, 0) is 0 Å². The largest absolute Gasteiger partial charge is 0.308 e. The quantitative estimate of drug-likeness (QED) is 0.761. The zero-order valence-electron chi connectivity index (χ0n) is 10.1. The highest BCUT2D eigenvalue weighted by Gasteiger charge is 2.10. The van der Waals surface area contributed by atoms with Crippen molar-refractivity contribution < 1.29 is 0 Å². The van der Waals surface area contributed by atoms with Gasteiger partial charge in [-0.1, -0.05) is 39.0 Å². The SMILES string of the molecule is CCSc1ccccc1C(C)NC(C)C. The minimum atomic E-state index is 0.431. The average molecular weight is 223 g/mol. The summed E-state index contributed by atoms with van der Waals surface area (Å²) in [5.41, 5.74) is 1.41. The predicted octanol–water partition coefficient (Wildman–Crippen LogP) is 3.86. The number of benzene rings is 1. The van der Waals surface area contributed by atoms with Crippen molar-refractivity contribution in [2.75, 3.05) is 5.75 Å². The maximum atomic E-state index is 3.54. The number of nitrogens with one attached hydrogen (secondary N) is 1. The maximum absolute atomic E-state index is 3.54. The monoisotopic (exact) mass is 223 g/mol. The summed E-state index contributed by atoms with van der Waals surface area (Å²) in [6, 6.07) is 9.62. The molecule has 0 saturated heterocycles. The molecular formula is C13H21NS. The molecule has 0 heterocycles. The van der Waals surface area contributed by atoms with Crippen molar-refractivity contribution >= 4 is 11.8 Å². The van der Waals surface area contributed by atoms with E-state index >= 15 is 0 Å². The van der Waals surface area contributed by atoms with Crippen LogP contribution in [0.5, 0.6) is 0 Å². The molecule has 0 aliphatic rings. The van der Waals surface area contributed by atoms with Gasteiger partial charge in [-0.2, -0.15) is 0 Å². The van der Waals surface area contributed by atoms with E-state index in [1.54, 1.807) is 0 Å². The lowest BCUT2D eigenvalue weighted by molar-refractivity contribution is 0.501. The number of rotatable bonds is 5. The van der Waals surface area contributed by atoms with Gasteiger partial charge in [0, 0.05) is 17.0 Å². The van der Waals surface area contributed by atoms with Crippen molar-refractivity contribution in [3.63, 3.8) is 0 Å². The van der Waals surface area contributed by atoms with Crippen LogP contribution in [0.25, 0.3) is 0 Å². The van der Waals surface area contributed by atoms with Crippen LogP contribution in [0, 0.1) is 0 Å². The fraction of sp³-hybridized carbons (Fsp3) is 0.538. The Morgan fingerprint density at radius 1 is 1.20 bits per heavy atom. The molecule has 0 fully saturated rings. The highest BCUT2D eigenvalue weighted by molar-refractivity contribution is 7.99. The average Bonchev–Trinajstić information content (AvgIpc) is 2.18. The number of thioether (sulfide) groups is 1. The van der Waals surface area contributed by atoms with Crippen molar-refractivity contribution in [2.24, 2.45) is 0 Å². The van der Waals surface area contributed by atoms with Crippen LogP contribution in [0.2, 0.25) is 0 Å². The minimum absolute atomic E-state index is 0.431. The van der Waals surface area contributed by atoms with E-state index in [-0.39, 0.29) is 0 Å². The van der Waals surface area contributed by atoms with E-state index < -0.39 is 0 Å². The third kappa shape index (κ3) is 3.88. The van der Waals surface area contributed by atoms with Crippen LogP contribution >= 0.6 is 11.8 Å². The van der Waals surface area contributed by atoms with Crippen molar-refractivity contribution in [3.05, 3.63) is 29.8 Å². The first kappa shape index (κ1) is 12.6. The summed E-state index contributed by atoms with van der Waals surface area (Å²) < 4.78 is 0. The standard InChI is InChI=1S/C13H21NS/c1-5-15-13-9-7-6-8-12(13)11(4)14-10(2)3/h6-11,14H,5H2,1-4H3. The van der Waals surface area contributed by atoms with Crippen molar-refractivity contribution in [3.8, 4) is 0 Å². The van der Waals surface area contributed by atoms with E-state index in [2.05, 4.69) is 57.3 Å². The highest BCUT2D eigenvalue weighted by Crippen LogP contribution is 2.27. The fourth-order valence-electron chi connectivity index (χ4n) is 1.71. The number of hydrogen-bond acceptors (Lipinski definition) is 2. The molecule has 0 saturated carbocycles. The van der Waals surface area contributed by atoms with E-state index in [1.165, 1.54) is 10.5 Å². The van der Waals surface area contributed by atoms with Gasteiger partial charge < -0.3 is 5.32 Å². The molecule has 15 heavy (non-hydrogen) atoms. The summed E-state index contributed by atoms with van der Waals surface area (Å²) in [6.07, 6.45) is 0. The topological polar surface area (TPSA) is 12.0 Å².